The molecule has 0 aromatic carbocycles. The van der Waals surface area contributed by atoms with E-state index < -0.39 is 0 Å². The molecule has 0 heterocycles. The van der Waals surface area contributed by atoms with Gasteiger partial charge in [0.1, 0.15) is 0 Å². The highest BCUT2D eigenvalue weighted by Gasteiger charge is 2.36. The fraction of sp³-hybridized carbons (Fsp3) is 0.857. The fourth-order valence-electron chi connectivity index (χ4n) is 2.76. The normalized spacial score (nSPS) is 20.5. The van der Waals surface area contributed by atoms with Crippen molar-refractivity contribution in [1.29, 1.82) is 0 Å². The quantitative estimate of drug-likeness (QED) is 0.705. The summed E-state index contributed by atoms with van der Waals surface area (Å²) < 4.78 is 4.65. The van der Waals surface area contributed by atoms with Crippen LogP contribution < -0.4 is 0 Å². The Bertz CT molecular complexity index is 306. The van der Waals surface area contributed by atoms with Gasteiger partial charge >= 0.3 is 5.97 Å². The first-order valence-electron chi connectivity index (χ1n) is 7.09. The number of hydrogen-bond acceptors (Lipinski definition) is 3. The van der Waals surface area contributed by atoms with Gasteiger partial charge in [-0.1, -0.05) is 19.3 Å². The van der Waals surface area contributed by atoms with Crippen molar-refractivity contribution in [3.05, 3.63) is 0 Å². The molecule has 1 amide bonds. The average Bonchev–Trinajstić information content (AvgIpc) is 3.24. The molecule has 2 rings (SSSR count). The van der Waals surface area contributed by atoms with Crippen molar-refractivity contribution in [1.82, 2.24) is 4.90 Å². The Morgan fingerprint density at radius 2 is 1.78 bits per heavy atom. The van der Waals surface area contributed by atoms with Crippen LogP contribution in [0.25, 0.3) is 0 Å². The Balaban J connectivity index is 1.87. The van der Waals surface area contributed by atoms with Crippen molar-refractivity contribution in [2.45, 2.75) is 57.4 Å². The Morgan fingerprint density at radius 1 is 1.11 bits per heavy atom. The van der Waals surface area contributed by atoms with Crippen LogP contribution in [-0.2, 0) is 14.3 Å². The zero-order chi connectivity index (χ0) is 13.0. The first-order chi connectivity index (χ1) is 8.72. The lowest BCUT2D eigenvalue weighted by molar-refractivity contribution is -0.143. The van der Waals surface area contributed by atoms with Gasteiger partial charge < -0.3 is 9.64 Å². The molecule has 4 heteroatoms. The minimum absolute atomic E-state index is 0.206. The van der Waals surface area contributed by atoms with Crippen LogP contribution in [0.5, 0.6) is 0 Å². The number of carbonyl (C=O) groups excluding carboxylic acids is 2. The van der Waals surface area contributed by atoms with Gasteiger partial charge in [-0.25, -0.2) is 0 Å². The van der Waals surface area contributed by atoms with E-state index >= 15 is 0 Å². The first-order valence-corrected chi connectivity index (χ1v) is 7.09. The van der Waals surface area contributed by atoms with Crippen LogP contribution in [0.1, 0.15) is 51.4 Å². The van der Waals surface area contributed by atoms with E-state index in [0.29, 0.717) is 19.0 Å². The van der Waals surface area contributed by atoms with Crippen LogP contribution in [0, 0.1) is 5.92 Å². The summed E-state index contributed by atoms with van der Waals surface area (Å²) in [5.74, 6) is 0.259. The number of nitrogens with zero attached hydrogens (tertiary/aromatic N) is 1. The summed E-state index contributed by atoms with van der Waals surface area (Å²) >= 11 is 0. The minimum atomic E-state index is -0.225. The molecule has 0 aromatic heterocycles. The Kier molecular flexibility index (Phi) is 4.61. The van der Waals surface area contributed by atoms with Gasteiger partial charge in [0.05, 0.1) is 13.5 Å². The summed E-state index contributed by atoms with van der Waals surface area (Å²) in [6, 6.07) is 0.393. The summed E-state index contributed by atoms with van der Waals surface area (Å²) in [6.45, 7) is 0.534. The number of carbonyl (C=O) groups is 2. The third-order valence-corrected chi connectivity index (χ3v) is 4.01. The minimum Gasteiger partial charge on any atom is -0.469 e. The van der Waals surface area contributed by atoms with Gasteiger partial charge in [0.2, 0.25) is 5.91 Å². The maximum atomic E-state index is 12.5. The van der Waals surface area contributed by atoms with Crippen molar-refractivity contribution in [3.63, 3.8) is 0 Å². The maximum Gasteiger partial charge on any atom is 0.307 e. The molecule has 2 aliphatic rings. The highest BCUT2D eigenvalue weighted by Crippen LogP contribution is 2.32. The summed E-state index contributed by atoms with van der Waals surface area (Å²) in [5, 5.41) is 0. The van der Waals surface area contributed by atoms with Crippen LogP contribution >= 0.6 is 0 Å². The second-order valence-corrected chi connectivity index (χ2v) is 5.42. The summed E-state index contributed by atoms with van der Waals surface area (Å²) in [7, 11) is 1.40. The monoisotopic (exact) mass is 253 g/mol. The molecule has 0 unspecified atom stereocenters. The lowest BCUT2D eigenvalue weighted by Gasteiger charge is -2.29. The van der Waals surface area contributed by atoms with Gasteiger partial charge in [0.25, 0.3) is 0 Å². The zero-order valence-corrected chi connectivity index (χ0v) is 11.2. The second kappa shape index (κ2) is 6.21. The summed E-state index contributed by atoms with van der Waals surface area (Å²) in [4.78, 5) is 25.6. The molecule has 102 valence electrons. The van der Waals surface area contributed by atoms with Crippen LogP contribution in [0.2, 0.25) is 0 Å². The molecule has 0 bridgehead atoms. The van der Waals surface area contributed by atoms with Gasteiger partial charge in [-0.2, -0.15) is 0 Å². The van der Waals surface area contributed by atoms with E-state index in [0.717, 1.165) is 25.7 Å². The number of rotatable bonds is 5. The van der Waals surface area contributed by atoms with E-state index in [-0.39, 0.29) is 17.8 Å². The molecule has 4 nitrogen and oxygen atoms in total. The summed E-state index contributed by atoms with van der Waals surface area (Å²) in [6.07, 6.45) is 8.18. The Morgan fingerprint density at radius 3 is 2.33 bits per heavy atom. The van der Waals surface area contributed by atoms with Gasteiger partial charge in [0, 0.05) is 18.5 Å². The molecule has 2 aliphatic carbocycles. The highest BCUT2D eigenvalue weighted by atomic mass is 16.5. The largest absolute Gasteiger partial charge is 0.469 e. The highest BCUT2D eigenvalue weighted by molar-refractivity contribution is 5.80. The van der Waals surface area contributed by atoms with E-state index in [1.165, 1.54) is 26.4 Å². The SMILES string of the molecule is COC(=O)CCN(C(=O)C1CCCCC1)C1CC1. The van der Waals surface area contributed by atoms with Crippen LogP contribution in [0.3, 0.4) is 0 Å². The van der Waals surface area contributed by atoms with Gasteiger partial charge in [-0.3, -0.25) is 9.59 Å². The molecule has 2 fully saturated rings. The Hall–Kier alpha value is -1.06. The van der Waals surface area contributed by atoms with E-state index in [4.69, 9.17) is 0 Å². The van der Waals surface area contributed by atoms with Crippen LogP contribution in [0.4, 0.5) is 0 Å². The zero-order valence-electron chi connectivity index (χ0n) is 11.2. The summed E-state index contributed by atoms with van der Waals surface area (Å²) in [5.41, 5.74) is 0. The number of hydrogen-bond donors (Lipinski definition) is 0. The molecule has 0 N–H and O–H groups in total. The third kappa shape index (κ3) is 3.47. The number of methoxy groups -OCH3 is 1. The van der Waals surface area contributed by atoms with Crippen molar-refractivity contribution in [2.24, 2.45) is 5.92 Å². The topological polar surface area (TPSA) is 46.6 Å². The lowest BCUT2D eigenvalue weighted by Crippen LogP contribution is -2.40. The van der Waals surface area contributed by atoms with Crippen LogP contribution in [0.15, 0.2) is 0 Å². The van der Waals surface area contributed by atoms with Crippen molar-refractivity contribution < 1.29 is 14.3 Å². The molecular weight excluding hydrogens is 230 g/mol. The van der Waals surface area contributed by atoms with E-state index in [1.807, 2.05) is 4.90 Å². The number of esters is 1. The molecule has 0 radical (unpaired) electrons. The average molecular weight is 253 g/mol. The molecule has 0 aromatic rings. The molecule has 0 atom stereocenters. The van der Waals surface area contributed by atoms with Gasteiger partial charge in [-0.05, 0) is 25.7 Å². The lowest BCUT2D eigenvalue weighted by atomic mass is 9.88. The van der Waals surface area contributed by atoms with Crippen molar-refractivity contribution in [2.75, 3.05) is 13.7 Å². The molecular formula is C14H23NO3. The van der Waals surface area contributed by atoms with Crippen molar-refractivity contribution in [3.8, 4) is 0 Å². The second-order valence-electron chi connectivity index (χ2n) is 5.42. The van der Waals surface area contributed by atoms with Crippen LogP contribution in [-0.4, -0.2) is 36.5 Å². The Labute approximate surface area is 109 Å². The molecule has 0 spiro atoms. The molecule has 2 saturated carbocycles. The smallest absolute Gasteiger partial charge is 0.307 e. The van der Waals surface area contributed by atoms with E-state index in [1.54, 1.807) is 0 Å². The first kappa shape index (κ1) is 13.4. The van der Waals surface area contributed by atoms with Crippen molar-refractivity contribution >= 4 is 11.9 Å². The molecule has 0 aliphatic heterocycles. The maximum absolute atomic E-state index is 12.5. The fourth-order valence-corrected chi connectivity index (χ4v) is 2.76. The standard InChI is InChI=1S/C14H23NO3/c1-18-13(16)9-10-15(12-7-8-12)14(17)11-5-3-2-4-6-11/h11-12H,2-10H2,1H3. The van der Waals surface area contributed by atoms with Gasteiger partial charge in [-0.15, -0.1) is 0 Å². The third-order valence-electron chi connectivity index (χ3n) is 4.01. The number of amides is 1. The molecule has 0 saturated heterocycles. The molecule has 18 heavy (non-hydrogen) atoms. The predicted octanol–water partition coefficient (Wildman–Crippen LogP) is 2.12. The van der Waals surface area contributed by atoms with E-state index in [2.05, 4.69) is 4.74 Å². The predicted molar refractivity (Wildman–Crippen MR) is 67.9 cm³/mol. The van der Waals surface area contributed by atoms with Gasteiger partial charge in [0.15, 0.2) is 0 Å². The number of ether oxygens (including phenoxy) is 1. The van der Waals surface area contributed by atoms with E-state index in [9.17, 15) is 9.59 Å².